The van der Waals surface area contributed by atoms with Crippen molar-refractivity contribution in [2.45, 2.75) is 24.9 Å². The minimum atomic E-state index is 0.154. The third-order valence-corrected chi connectivity index (χ3v) is 3.72. The Morgan fingerprint density at radius 2 is 2.15 bits per heavy atom. The molecule has 3 heteroatoms. The van der Waals surface area contributed by atoms with Crippen molar-refractivity contribution in [3.05, 3.63) is 0 Å². The molecule has 1 spiro atoms. The lowest BCUT2D eigenvalue weighted by molar-refractivity contribution is -0.0610. The molecule has 2 fully saturated rings. The van der Waals surface area contributed by atoms with Crippen LogP contribution in [0.25, 0.3) is 0 Å². The van der Waals surface area contributed by atoms with Gasteiger partial charge in [-0.1, -0.05) is 0 Å². The van der Waals surface area contributed by atoms with Crippen LogP contribution < -0.4 is 5.73 Å². The fourth-order valence-corrected chi connectivity index (χ4v) is 2.67. The Morgan fingerprint density at radius 3 is 2.77 bits per heavy atom. The van der Waals surface area contributed by atoms with Crippen LogP contribution in [0.1, 0.15) is 19.3 Å². The van der Waals surface area contributed by atoms with Crippen LogP contribution in [-0.2, 0) is 4.74 Å². The lowest BCUT2D eigenvalue weighted by atomic mass is 9.80. The fraction of sp³-hybridized carbons (Fsp3) is 1.00. The van der Waals surface area contributed by atoms with Crippen molar-refractivity contribution in [3.8, 4) is 0 Å². The minimum Gasteiger partial charge on any atom is -0.375 e. The number of hydrogen-bond donors (Lipinski definition) is 1. The Morgan fingerprint density at radius 1 is 1.46 bits per heavy atom. The van der Waals surface area contributed by atoms with Gasteiger partial charge in [0, 0.05) is 25.6 Å². The molecule has 0 aromatic heterocycles. The third-order valence-electron chi connectivity index (χ3n) is 3.72. The molecule has 2 aliphatic rings. The second-order valence-corrected chi connectivity index (χ2v) is 4.44. The average molecular weight is 184 g/mol. The van der Waals surface area contributed by atoms with Crippen LogP contribution in [0.5, 0.6) is 0 Å². The zero-order valence-electron chi connectivity index (χ0n) is 8.46. The maximum Gasteiger partial charge on any atom is 0.0747 e. The monoisotopic (exact) mass is 184 g/mol. The highest BCUT2D eigenvalue weighted by Gasteiger charge is 2.44. The maximum absolute atomic E-state index is 5.93. The van der Waals surface area contributed by atoms with Crippen LogP contribution in [0, 0.1) is 5.92 Å². The standard InChI is InChI=1S/C10H20N2O/c1-12-5-3-10(4-6-12)9(8-11)2-7-13-10/h9H,2-8,11H2,1H3. The second kappa shape index (κ2) is 3.56. The Hall–Kier alpha value is -0.120. The summed E-state index contributed by atoms with van der Waals surface area (Å²) in [6.45, 7) is 4.04. The molecule has 1 atom stereocenters. The lowest BCUT2D eigenvalue weighted by Gasteiger charge is -2.40. The number of hydrogen-bond acceptors (Lipinski definition) is 3. The van der Waals surface area contributed by atoms with E-state index in [1.165, 1.54) is 19.3 Å². The molecule has 76 valence electrons. The molecule has 0 aromatic carbocycles. The first-order chi connectivity index (χ1) is 6.27. The molecule has 0 bridgehead atoms. The first kappa shape index (κ1) is 9.44. The van der Waals surface area contributed by atoms with Crippen molar-refractivity contribution in [2.24, 2.45) is 11.7 Å². The molecule has 0 radical (unpaired) electrons. The van der Waals surface area contributed by atoms with Gasteiger partial charge in [-0.25, -0.2) is 0 Å². The normalized spacial score (nSPS) is 34.2. The van der Waals surface area contributed by atoms with Crippen molar-refractivity contribution in [1.29, 1.82) is 0 Å². The van der Waals surface area contributed by atoms with Crippen LogP contribution in [0.2, 0.25) is 0 Å². The van der Waals surface area contributed by atoms with E-state index in [0.29, 0.717) is 5.92 Å². The molecule has 0 amide bonds. The van der Waals surface area contributed by atoms with Gasteiger partial charge >= 0.3 is 0 Å². The summed E-state index contributed by atoms with van der Waals surface area (Å²) in [6.07, 6.45) is 3.51. The Kier molecular flexibility index (Phi) is 2.58. The van der Waals surface area contributed by atoms with Crippen LogP contribution in [0.4, 0.5) is 0 Å². The number of rotatable bonds is 1. The maximum atomic E-state index is 5.93. The first-order valence-corrected chi connectivity index (χ1v) is 5.29. The van der Waals surface area contributed by atoms with E-state index in [9.17, 15) is 0 Å². The summed E-state index contributed by atoms with van der Waals surface area (Å²) in [6, 6.07) is 0. The highest BCUT2D eigenvalue weighted by molar-refractivity contribution is 4.96. The third kappa shape index (κ3) is 1.60. The second-order valence-electron chi connectivity index (χ2n) is 4.44. The quantitative estimate of drug-likeness (QED) is 0.643. The van der Waals surface area contributed by atoms with Gasteiger partial charge in [-0.15, -0.1) is 0 Å². The average Bonchev–Trinajstić information content (AvgIpc) is 2.54. The van der Waals surface area contributed by atoms with Gasteiger partial charge in [-0.3, -0.25) is 0 Å². The summed E-state index contributed by atoms with van der Waals surface area (Å²) in [7, 11) is 2.18. The molecule has 2 N–H and O–H groups in total. The SMILES string of the molecule is CN1CCC2(CC1)OCCC2CN. The number of nitrogens with two attached hydrogens (primary N) is 1. The number of likely N-dealkylation sites (tertiary alicyclic amines) is 1. The molecule has 3 nitrogen and oxygen atoms in total. The van der Waals surface area contributed by atoms with Gasteiger partial charge in [-0.05, 0) is 32.9 Å². The van der Waals surface area contributed by atoms with E-state index in [-0.39, 0.29) is 5.60 Å². The topological polar surface area (TPSA) is 38.5 Å². The molecule has 1 unspecified atom stereocenters. The molecule has 2 aliphatic heterocycles. The van der Waals surface area contributed by atoms with Gasteiger partial charge < -0.3 is 15.4 Å². The first-order valence-electron chi connectivity index (χ1n) is 5.29. The van der Waals surface area contributed by atoms with Crippen molar-refractivity contribution in [1.82, 2.24) is 4.90 Å². The van der Waals surface area contributed by atoms with Gasteiger partial charge in [0.15, 0.2) is 0 Å². The Labute approximate surface area is 80.2 Å². The van der Waals surface area contributed by atoms with Gasteiger partial charge in [0.1, 0.15) is 0 Å². The lowest BCUT2D eigenvalue weighted by Crippen LogP contribution is -2.48. The largest absolute Gasteiger partial charge is 0.375 e. The predicted octanol–water partition coefficient (Wildman–Crippen LogP) is 0.446. The van der Waals surface area contributed by atoms with E-state index in [1.54, 1.807) is 0 Å². The molecule has 0 saturated carbocycles. The summed E-state index contributed by atoms with van der Waals surface area (Å²) >= 11 is 0. The molecule has 13 heavy (non-hydrogen) atoms. The van der Waals surface area contributed by atoms with E-state index < -0.39 is 0 Å². The molecular formula is C10H20N2O. The van der Waals surface area contributed by atoms with E-state index in [0.717, 1.165) is 26.2 Å². The van der Waals surface area contributed by atoms with Crippen LogP contribution in [0.3, 0.4) is 0 Å². The number of ether oxygens (including phenoxy) is 1. The highest BCUT2D eigenvalue weighted by atomic mass is 16.5. The molecular weight excluding hydrogens is 164 g/mol. The van der Waals surface area contributed by atoms with Gasteiger partial charge in [0.05, 0.1) is 5.60 Å². The van der Waals surface area contributed by atoms with E-state index in [4.69, 9.17) is 10.5 Å². The van der Waals surface area contributed by atoms with Crippen LogP contribution in [0.15, 0.2) is 0 Å². The van der Waals surface area contributed by atoms with Crippen molar-refractivity contribution in [2.75, 3.05) is 33.3 Å². The molecule has 2 saturated heterocycles. The Bertz CT molecular complexity index is 176. The van der Waals surface area contributed by atoms with Gasteiger partial charge in [0.2, 0.25) is 0 Å². The minimum absolute atomic E-state index is 0.154. The molecule has 2 rings (SSSR count). The van der Waals surface area contributed by atoms with E-state index in [1.807, 2.05) is 0 Å². The van der Waals surface area contributed by atoms with Crippen molar-refractivity contribution >= 4 is 0 Å². The summed E-state index contributed by atoms with van der Waals surface area (Å²) in [5.41, 5.74) is 5.93. The molecule has 0 aromatic rings. The fourth-order valence-electron chi connectivity index (χ4n) is 2.67. The van der Waals surface area contributed by atoms with Crippen LogP contribution in [-0.4, -0.2) is 43.8 Å². The summed E-state index contributed by atoms with van der Waals surface area (Å²) in [4.78, 5) is 2.38. The smallest absolute Gasteiger partial charge is 0.0747 e. The zero-order valence-corrected chi connectivity index (χ0v) is 8.46. The van der Waals surface area contributed by atoms with Gasteiger partial charge in [0.25, 0.3) is 0 Å². The van der Waals surface area contributed by atoms with Crippen molar-refractivity contribution < 1.29 is 4.74 Å². The summed E-state index contributed by atoms with van der Waals surface area (Å²) in [5.74, 6) is 0.612. The summed E-state index contributed by atoms with van der Waals surface area (Å²) < 4.78 is 5.93. The Balaban J connectivity index is 2.02. The number of piperidine rings is 1. The predicted molar refractivity (Wildman–Crippen MR) is 52.6 cm³/mol. The van der Waals surface area contributed by atoms with Crippen LogP contribution >= 0.6 is 0 Å². The zero-order chi connectivity index (χ0) is 9.31. The highest BCUT2D eigenvalue weighted by Crippen LogP contribution is 2.39. The van der Waals surface area contributed by atoms with Crippen molar-refractivity contribution in [3.63, 3.8) is 0 Å². The summed E-state index contributed by atoms with van der Waals surface area (Å²) in [5, 5.41) is 0. The van der Waals surface area contributed by atoms with E-state index >= 15 is 0 Å². The van der Waals surface area contributed by atoms with Gasteiger partial charge in [-0.2, -0.15) is 0 Å². The number of nitrogens with zero attached hydrogens (tertiary/aromatic N) is 1. The molecule has 2 heterocycles. The van der Waals surface area contributed by atoms with E-state index in [2.05, 4.69) is 11.9 Å². The molecule has 0 aliphatic carbocycles.